The van der Waals surface area contributed by atoms with Gasteiger partial charge in [0, 0.05) is 37.3 Å². The molecular formula is C12H19N3O2S. The normalized spacial score (nSPS) is 19.9. The van der Waals surface area contributed by atoms with Crippen LogP contribution in [0.15, 0.2) is 5.38 Å². The second-order valence-corrected chi connectivity index (χ2v) is 5.65. The lowest BCUT2D eigenvalue weighted by Crippen LogP contribution is -2.51. The monoisotopic (exact) mass is 269 g/mol. The summed E-state index contributed by atoms with van der Waals surface area (Å²) in [6.07, 6.45) is 0. The first-order valence-corrected chi connectivity index (χ1v) is 7.04. The second kappa shape index (κ2) is 5.77. The van der Waals surface area contributed by atoms with E-state index in [9.17, 15) is 4.79 Å². The molecule has 1 unspecified atom stereocenters. The van der Waals surface area contributed by atoms with Crippen molar-refractivity contribution in [3.05, 3.63) is 16.1 Å². The van der Waals surface area contributed by atoms with Crippen LogP contribution in [-0.4, -0.2) is 58.1 Å². The fraction of sp³-hybridized carbons (Fsp3) is 0.667. The molecule has 0 radical (unpaired) electrons. The topological polar surface area (TPSA) is 56.7 Å². The van der Waals surface area contributed by atoms with E-state index in [1.165, 1.54) is 0 Å². The van der Waals surface area contributed by atoms with Crippen LogP contribution >= 0.6 is 11.3 Å². The maximum absolute atomic E-state index is 10.9. The Morgan fingerprint density at radius 2 is 2.17 bits per heavy atom. The van der Waals surface area contributed by atoms with Crippen LogP contribution in [0.2, 0.25) is 0 Å². The van der Waals surface area contributed by atoms with E-state index in [0.29, 0.717) is 0 Å². The average Bonchev–Trinajstić information content (AvgIpc) is 2.75. The molecule has 5 nitrogen and oxygen atoms in total. The van der Waals surface area contributed by atoms with Gasteiger partial charge in [-0.05, 0) is 13.8 Å². The Balaban J connectivity index is 1.81. The van der Waals surface area contributed by atoms with Crippen LogP contribution in [-0.2, 0) is 11.3 Å². The molecule has 0 aliphatic carbocycles. The van der Waals surface area contributed by atoms with E-state index in [1.54, 1.807) is 18.3 Å². The number of hydrogen-bond acceptors (Lipinski definition) is 5. The number of nitrogens with zero attached hydrogens (tertiary/aromatic N) is 3. The van der Waals surface area contributed by atoms with Gasteiger partial charge in [-0.25, -0.2) is 4.98 Å². The minimum atomic E-state index is -0.737. The number of aliphatic carboxylic acids is 1. The Bertz CT molecular complexity index is 413. The fourth-order valence-corrected chi connectivity index (χ4v) is 2.94. The first kappa shape index (κ1) is 13.5. The Hall–Kier alpha value is -0.980. The third-order valence-corrected chi connectivity index (χ3v) is 4.29. The van der Waals surface area contributed by atoms with E-state index in [2.05, 4.69) is 15.3 Å². The van der Waals surface area contributed by atoms with Crippen LogP contribution in [0.4, 0.5) is 0 Å². The highest BCUT2D eigenvalue weighted by Gasteiger charge is 2.25. The van der Waals surface area contributed by atoms with Gasteiger partial charge in [0.05, 0.1) is 6.54 Å². The van der Waals surface area contributed by atoms with Crippen molar-refractivity contribution in [2.24, 2.45) is 0 Å². The summed E-state index contributed by atoms with van der Waals surface area (Å²) in [5.74, 6) is -0.737. The predicted molar refractivity (Wildman–Crippen MR) is 70.8 cm³/mol. The van der Waals surface area contributed by atoms with Crippen molar-refractivity contribution in [3.63, 3.8) is 0 Å². The van der Waals surface area contributed by atoms with Gasteiger partial charge in [0.15, 0.2) is 0 Å². The van der Waals surface area contributed by atoms with E-state index in [0.717, 1.165) is 43.4 Å². The lowest BCUT2D eigenvalue weighted by Gasteiger charge is -2.36. The standard InChI is InChI=1S/C12H19N3O2S/c1-9-8-18-11(13-9)7-14-3-5-15(6-4-14)10(2)12(16)17/h8,10H,3-7H2,1-2H3,(H,16,17). The van der Waals surface area contributed by atoms with Gasteiger partial charge in [-0.15, -0.1) is 11.3 Å². The molecule has 1 saturated heterocycles. The summed E-state index contributed by atoms with van der Waals surface area (Å²) in [5.41, 5.74) is 1.08. The zero-order valence-electron chi connectivity index (χ0n) is 10.8. The average molecular weight is 269 g/mol. The van der Waals surface area contributed by atoms with Gasteiger partial charge in [-0.1, -0.05) is 0 Å². The molecule has 1 fully saturated rings. The largest absolute Gasteiger partial charge is 0.480 e. The molecule has 0 saturated carbocycles. The van der Waals surface area contributed by atoms with Crippen molar-refractivity contribution >= 4 is 17.3 Å². The smallest absolute Gasteiger partial charge is 0.320 e. The van der Waals surface area contributed by atoms with Crippen molar-refractivity contribution in [3.8, 4) is 0 Å². The number of hydrogen-bond donors (Lipinski definition) is 1. The van der Waals surface area contributed by atoms with E-state index in [1.807, 2.05) is 11.8 Å². The quantitative estimate of drug-likeness (QED) is 0.885. The highest BCUT2D eigenvalue weighted by Crippen LogP contribution is 2.14. The summed E-state index contributed by atoms with van der Waals surface area (Å²) in [7, 11) is 0. The van der Waals surface area contributed by atoms with Crippen LogP contribution < -0.4 is 0 Å². The van der Waals surface area contributed by atoms with Gasteiger partial charge in [0.25, 0.3) is 0 Å². The van der Waals surface area contributed by atoms with Gasteiger partial charge in [-0.3, -0.25) is 14.6 Å². The Labute approximate surface area is 111 Å². The maximum Gasteiger partial charge on any atom is 0.320 e. The van der Waals surface area contributed by atoms with E-state index < -0.39 is 5.97 Å². The van der Waals surface area contributed by atoms with Crippen LogP contribution in [0.25, 0.3) is 0 Å². The van der Waals surface area contributed by atoms with Crippen molar-refractivity contribution in [1.82, 2.24) is 14.8 Å². The van der Waals surface area contributed by atoms with Crippen molar-refractivity contribution in [1.29, 1.82) is 0 Å². The molecule has 2 rings (SSSR count). The molecule has 100 valence electrons. The van der Waals surface area contributed by atoms with Crippen molar-refractivity contribution < 1.29 is 9.90 Å². The maximum atomic E-state index is 10.9. The summed E-state index contributed by atoms with van der Waals surface area (Å²) in [4.78, 5) is 19.7. The Kier molecular flexibility index (Phi) is 4.31. The molecule has 0 spiro atoms. The molecule has 2 heterocycles. The summed E-state index contributed by atoms with van der Waals surface area (Å²) < 4.78 is 0. The van der Waals surface area contributed by atoms with E-state index in [-0.39, 0.29) is 6.04 Å². The SMILES string of the molecule is Cc1csc(CN2CCN(C(C)C(=O)O)CC2)n1. The molecule has 0 amide bonds. The highest BCUT2D eigenvalue weighted by molar-refractivity contribution is 7.09. The number of carbonyl (C=O) groups is 1. The zero-order chi connectivity index (χ0) is 13.1. The molecular weight excluding hydrogens is 250 g/mol. The number of carboxylic acids is 1. The number of aromatic nitrogens is 1. The third-order valence-electron chi connectivity index (χ3n) is 3.34. The molecule has 6 heteroatoms. The number of thiazole rings is 1. The molecule has 1 N–H and O–H groups in total. The molecule has 0 bridgehead atoms. The van der Waals surface area contributed by atoms with Gasteiger partial charge < -0.3 is 5.11 Å². The Morgan fingerprint density at radius 1 is 1.50 bits per heavy atom. The summed E-state index contributed by atoms with van der Waals surface area (Å²) >= 11 is 1.69. The fourth-order valence-electron chi connectivity index (χ4n) is 2.13. The first-order valence-electron chi connectivity index (χ1n) is 6.16. The molecule has 1 aromatic rings. The first-order chi connectivity index (χ1) is 8.56. The van der Waals surface area contributed by atoms with E-state index in [4.69, 9.17) is 5.11 Å². The summed E-state index contributed by atoms with van der Waals surface area (Å²) in [6, 6.07) is -0.380. The summed E-state index contributed by atoms with van der Waals surface area (Å²) in [5, 5.41) is 12.2. The Morgan fingerprint density at radius 3 is 2.67 bits per heavy atom. The van der Waals surface area contributed by atoms with Crippen LogP contribution in [0.3, 0.4) is 0 Å². The van der Waals surface area contributed by atoms with Gasteiger partial charge >= 0.3 is 5.97 Å². The molecule has 1 aromatic heterocycles. The number of carboxylic acid groups (broad SMARTS) is 1. The van der Waals surface area contributed by atoms with Crippen LogP contribution in [0.1, 0.15) is 17.6 Å². The molecule has 1 aliphatic heterocycles. The van der Waals surface area contributed by atoms with Gasteiger partial charge in [0.2, 0.25) is 0 Å². The van der Waals surface area contributed by atoms with Gasteiger partial charge in [-0.2, -0.15) is 0 Å². The van der Waals surface area contributed by atoms with Crippen LogP contribution in [0.5, 0.6) is 0 Å². The number of aryl methyl sites for hydroxylation is 1. The molecule has 1 aliphatic rings. The van der Waals surface area contributed by atoms with Crippen molar-refractivity contribution in [2.75, 3.05) is 26.2 Å². The zero-order valence-corrected chi connectivity index (χ0v) is 11.6. The molecule has 18 heavy (non-hydrogen) atoms. The third kappa shape index (κ3) is 3.28. The summed E-state index contributed by atoms with van der Waals surface area (Å²) in [6.45, 7) is 8.10. The minimum Gasteiger partial charge on any atom is -0.480 e. The highest BCUT2D eigenvalue weighted by atomic mass is 32.1. The predicted octanol–water partition coefficient (Wildman–Crippen LogP) is 1.04. The molecule has 0 aromatic carbocycles. The van der Waals surface area contributed by atoms with E-state index >= 15 is 0 Å². The number of piperazine rings is 1. The molecule has 1 atom stereocenters. The van der Waals surface area contributed by atoms with Crippen LogP contribution in [0, 0.1) is 6.92 Å². The number of rotatable bonds is 4. The minimum absolute atomic E-state index is 0.380. The van der Waals surface area contributed by atoms with Crippen molar-refractivity contribution in [2.45, 2.75) is 26.4 Å². The lowest BCUT2D eigenvalue weighted by atomic mass is 10.2. The second-order valence-electron chi connectivity index (χ2n) is 4.71. The lowest BCUT2D eigenvalue weighted by molar-refractivity contribution is -0.143. The van der Waals surface area contributed by atoms with Gasteiger partial charge in [0.1, 0.15) is 11.0 Å².